The Hall–Kier alpha value is -0.120. The van der Waals surface area contributed by atoms with Gasteiger partial charge in [0.05, 0.1) is 22.4 Å². The highest BCUT2D eigenvalue weighted by Crippen LogP contribution is 2.63. The SMILES string of the molecule is CC1(O)CCC2C1CC1(C(C)(C)O)CCC2(C)O1. The maximum Gasteiger partial charge on any atom is 0.0975 e. The van der Waals surface area contributed by atoms with E-state index >= 15 is 0 Å². The average molecular weight is 254 g/mol. The summed E-state index contributed by atoms with van der Waals surface area (Å²) in [7, 11) is 0. The summed E-state index contributed by atoms with van der Waals surface area (Å²) in [6, 6.07) is 0. The smallest absolute Gasteiger partial charge is 0.0975 e. The van der Waals surface area contributed by atoms with Gasteiger partial charge < -0.3 is 14.9 Å². The van der Waals surface area contributed by atoms with Crippen LogP contribution in [0.1, 0.15) is 59.8 Å². The van der Waals surface area contributed by atoms with Gasteiger partial charge in [0.2, 0.25) is 0 Å². The highest BCUT2D eigenvalue weighted by atomic mass is 16.5. The van der Waals surface area contributed by atoms with Crippen molar-refractivity contribution in [3.8, 4) is 0 Å². The predicted octanol–water partition coefficient (Wildman–Crippen LogP) is 2.25. The Kier molecular flexibility index (Phi) is 2.37. The van der Waals surface area contributed by atoms with E-state index in [4.69, 9.17) is 4.74 Å². The average Bonchev–Trinajstić information content (AvgIpc) is 2.66. The van der Waals surface area contributed by atoms with Crippen LogP contribution in [0.5, 0.6) is 0 Å². The molecule has 0 spiro atoms. The number of fused-ring (bicyclic) bond motifs is 4. The van der Waals surface area contributed by atoms with Crippen molar-refractivity contribution < 1.29 is 14.9 Å². The summed E-state index contributed by atoms with van der Waals surface area (Å²) in [5.74, 6) is 0.718. The van der Waals surface area contributed by atoms with E-state index < -0.39 is 16.8 Å². The second kappa shape index (κ2) is 3.31. The van der Waals surface area contributed by atoms with Crippen LogP contribution in [0.2, 0.25) is 0 Å². The van der Waals surface area contributed by atoms with Crippen LogP contribution in [-0.2, 0) is 4.74 Å². The van der Waals surface area contributed by atoms with Gasteiger partial charge in [-0.2, -0.15) is 0 Å². The summed E-state index contributed by atoms with van der Waals surface area (Å²) in [6.07, 6.45) is 4.63. The van der Waals surface area contributed by atoms with Gasteiger partial charge >= 0.3 is 0 Å². The molecular formula is C15H26O3. The van der Waals surface area contributed by atoms with Gasteiger partial charge in [-0.05, 0) is 71.6 Å². The van der Waals surface area contributed by atoms with Crippen LogP contribution in [0.15, 0.2) is 0 Å². The van der Waals surface area contributed by atoms with E-state index in [0.29, 0.717) is 5.92 Å². The molecule has 0 aromatic carbocycles. The number of hydrogen-bond donors (Lipinski definition) is 2. The summed E-state index contributed by atoms with van der Waals surface area (Å²) in [5.41, 5.74) is -2.04. The zero-order valence-corrected chi connectivity index (χ0v) is 12.0. The van der Waals surface area contributed by atoms with Crippen LogP contribution < -0.4 is 0 Å². The molecule has 1 aliphatic carbocycles. The fourth-order valence-corrected chi connectivity index (χ4v) is 4.80. The van der Waals surface area contributed by atoms with E-state index in [-0.39, 0.29) is 11.5 Å². The maximum absolute atomic E-state index is 10.6. The largest absolute Gasteiger partial charge is 0.390 e. The zero-order chi connectivity index (χ0) is 13.4. The molecule has 3 heteroatoms. The molecule has 3 rings (SSSR count). The van der Waals surface area contributed by atoms with E-state index in [2.05, 4.69) is 6.92 Å². The number of hydrogen-bond acceptors (Lipinski definition) is 3. The molecule has 0 amide bonds. The van der Waals surface area contributed by atoms with Crippen molar-refractivity contribution in [3.63, 3.8) is 0 Å². The molecule has 2 N–H and O–H groups in total. The van der Waals surface area contributed by atoms with Gasteiger partial charge in [-0.15, -0.1) is 0 Å². The molecule has 5 unspecified atom stereocenters. The van der Waals surface area contributed by atoms with Crippen LogP contribution in [-0.4, -0.2) is 32.6 Å². The first-order valence-electron chi connectivity index (χ1n) is 7.25. The van der Waals surface area contributed by atoms with Gasteiger partial charge in [-0.1, -0.05) is 0 Å². The molecular weight excluding hydrogens is 228 g/mol. The monoisotopic (exact) mass is 254 g/mol. The lowest BCUT2D eigenvalue weighted by Crippen LogP contribution is -2.59. The topological polar surface area (TPSA) is 49.7 Å². The molecule has 0 radical (unpaired) electrons. The molecule has 104 valence electrons. The van der Waals surface area contributed by atoms with Gasteiger partial charge in [-0.3, -0.25) is 0 Å². The highest BCUT2D eigenvalue weighted by molar-refractivity contribution is 5.16. The van der Waals surface area contributed by atoms with Crippen LogP contribution in [0.4, 0.5) is 0 Å². The minimum Gasteiger partial charge on any atom is -0.390 e. The summed E-state index contributed by atoms with van der Waals surface area (Å²) in [5, 5.41) is 21.1. The van der Waals surface area contributed by atoms with Crippen molar-refractivity contribution in [3.05, 3.63) is 0 Å². The van der Waals surface area contributed by atoms with E-state index in [0.717, 1.165) is 32.1 Å². The first-order chi connectivity index (χ1) is 8.10. The second-order valence-electron chi connectivity index (χ2n) is 7.78. The zero-order valence-electron chi connectivity index (χ0n) is 12.0. The maximum atomic E-state index is 10.6. The molecule has 3 nitrogen and oxygen atoms in total. The minimum absolute atomic E-state index is 0.149. The van der Waals surface area contributed by atoms with Crippen LogP contribution in [0.25, 0.3) is 0 Å². The fourth-order valence-electron chi connectivity index (χ4n) is 4.80. The van der Waals surface area contributed by atoms with Gasteiger partial charge in [-0.25, -0.2) is 0 Å². The summed E-state index contributed by atoms with van der Waals surface area (Å²) in [6.45, 7) is 7.84. The first kappa shape index (κ1) is 12.9. The minimum atomic E-state index is -0.839. The lowest BCUT2D eigenvalue weighted by atomic mass is 9.69. The third-order valence-electron chi connectivity index (χ3n) is 6.15. The molecule has 5 atom stereocenters. The van der Waals surface area contributed by atoms with Crippen molar-refractivity contribution in [2.45, 2.75) is 82.2 Å². The van der Waals surface area contributed by atoms with Crippen molar-refractivity contribution in [1.29, 1.82) is 0 Å². The Bertz CT molecular complexity index is 370. The van der Waals surface area contributed by atoms with Gasteiger partial charge in [0, 0.05) is 0 Å². The summed E-state index contributed by atoms with van der Waals surface area (Å²) >= 11 is 0. The molecule has 3 fully saturated rings. The van der Waals surface area contributed by atoms with Gasteiger partial charge in [0.1, 0.15) is 0 Å². The highest BCUT2D eigenvalue weighted by Gasteiger charge is 2.66. The van der Waals surface area contributed by atoms with Crippen molar-refractivity contribution >= 4 is 0 Å². The molecule has 3 aliphatic rings. The first-order valence-corrected chi connectivity index (χ1v) is 7.25. The molecule has 0 aromatic heterocycles. The van der Waals surface area contributed by atoms with Crippen LogP contribution in [0, 0.1) is 11.8 Å². The van der Waals surface area contributed by atoms with Crippen molar-refractivity contribution in [2.24, 2.45) is 11.8 Å². The Morgan fingerprint density at radius 3 is 2.39 bits per heavy atom. The lowest BCUT2D eigenvalue weighted by Gasteiger charge is -2.52. The van der Waals surface area contributed by atoms with E-state index in [9.17, 15) is 10.2 Å². The van der Waals surface area contributed by atoms with E-state index in [1.165, 1.54) is 0 Å². The molecule has 2 saturated heterocycles. The number of aliphatic hydroxyl groups is 2. The Morgan fingerprint density at radius 1 is 1.11 bits per heavy atom. The van der Waals surface area contributed by atoms with Gasteiger partial charge in [0.15, 0.2) is 0 Å². The fraction of sp³-hybridized carbons (Fsp3) is 1.00. The molecule has 18 heavy (non-hydrogen) atoms. The van der Waals surface area contributed by atoms with Crippen molar-refractivity contribution in [2.75, 3.05) is 0 Å². The summed E-state index contributed by atoms with van der Waals surface area (Å²) < 4.78 is 6.38. The third kappa shape index (κ3) is 1.47. The molecule has 2 aliphatic heterocycles. The molecule has 0 aromatic rings. The van der Waals surface area contributed by atoms with Crippen LogP contribution in [0.3, 0.4) is 0 Å². The number of ether oxygens (including phenoxy) is 1. The van der Waals surface area contributed by atoms with E-state index in [1.807, 2.05) is 20.8 Å². The molecule has 1 saturated carbocycles. The third-order valence-corrected chi connectivity index (χ3v) is 6.15. The summed E-state index contributed by atoms with van der Waals surface area (Å²) in [4.78, 5) is 0. The molecule has 2 bridgehead atoms. The number of rotatable bonds is 1. The van der Waals surface area contributed by atoms with Crippen LogP contribution >= 0.6 is 0 Å². The Morgan fingerprint density at radius 2 is 1.78 bits per heavy atom. The van der Waals surface area contributed by atoms with E-state index in [1.54, 1.807) is 0 Å². The van der Waals surface area contributed by atoms with Gasteiger partial charge in [0.25, 0.3) is 0 Å². The molecule has 2 heterocycles. The Labute approximate surface area is 110 Å². The van der Waals surface area contributed by atoms with Crippen molar-refractivity contribution in [1.82, 2.24) is 0 Å². The quantitative estimate of drug-likeness (QED) is 0.754. The Balaban J connectivity index is 2.01. The standard InChI is InChI=1S/C15H26O3/c1-12(2,16)15-8-7-14(4,18-15)10-5-6-13(3,17)11(10)9-15/h10-11,16-17H,5-9H2,1-4H3. The predicted molar refractivity (Wildman–Crippen MR) is 69.2 cm³/mol. The lowest BCUT2D eigenvalue weighted by molar-refractivity contribution is -0.249. The normalized spacial score (nSPS) is 55.7. The second-order valence-corrected chi connectivity index (χ2v) is 7.78.